The Morgan fingerprint density at radius 1 is 0.900 bits per heavy atom. The Labute approximate surface area is 176 Å². The fourth-order valence-corrected chi connectivity index (χ4v) is 5.05. The number of nitrogens with one attached hydrogen (secondary N) is 1. The summed E-state index contributed by atoms with van der Waals surface area (Å²) in [6.07, 6.45) is 0. The number of sulfonamides is 1. The lowest BCUT2D eigenvalue weighted by atomic mass is 10.1. The standard InChI is InChI=1S/C22H16F2N2O2S2/c23-16-7-5-6-15(12-16)14-30(27,28)26-20-11-4-2-9-18(20)21-13-29-22(25-21)17-8-1-3-10-19(17)24/h1-13,26H,14H2. The summed E-state index contributed by atoms with van der Waals surface area (Å²) in [5.74, 6) is -1.23. The highest BCUT2D eigenvalue weighted by molar-refractivity contribution is 7.91. The second kappa shape index (κ2) is 8.33. The summed E-state index contributed by atoms with van der Waals surface area (Å²) in [5, 5.41) is 2.25. The quantitative estimate of drug-likeness (QED) is 0.417. The second-order valence-electron chi connectivity index (χ2n) is 6.55. The van der Waals surface area contributed by atoms with Crippen LogP contribution < -0.4 is 4.72 Å². The molecule has 0 amide bonds. The molecule has 0 saturated carbocycles. The van der Waals surface area contributed by atoms with Crippen molar-refractivity contribution in [1.82, 2.24) is 4.98 Å². The molecule has 0 spiro atoms. The third-order valence-corrected chi connectivity index (χ3v) is 6.44. The fourth-order valence-electron chi connectivity index (χ4n) is 3.00. The maximum Gasteiger partial charge on any atom is 0.236 e. The highest BCUT2D eigenvalue weighted by Crippen LogP contribution is 2.34. The van der Waals surface area contributed by atoms with Crippen LogP contribution >= 0.6 is 11.3 Å². The van der Waals surface area contributed by atoms with Crippen molar-refractivity contribution >= 4 is 27.0 Å². The van der Waals surface area contributed by atoms with Gasteiger partial charge in [0.2, 0.25) is 10.0 Å². The van der Waals surface area contributed by atoms with Crippen molar-refractivity contribution in [1.29, 1.82) is 0 Å². The topological polar surface area (TPSA) is 59.1 Å². The van der Waals surface area contributed by atoms with E-state index in [1.807, 2.05) is 0 Å². The predicted octanol–water partition coefficient (Wildman–Crippen LogP) is 5.70. The largest absolute Gasteiger partial charge is 0.283 e. The molecular formula is C22H16F2N2O2S2. The van der Waals surface area contributed by atoms with Gasteiger partial charge in [-0.3, -0.25) is 4.72 Å². The number of thiazole rings is 1. The second-order valence-corrected chi connectivity index (χ2v) is 9.13. The van der Waals surface area contributed by atoms with Gasteiger partial charge in [-0.25, -0.2) is 22.2 Å². The van der Waals surface area contributed by atoms with Crippen LogP contribution in [0.5, 0.6) is 0 Å². The molecule has 0 bridgehead atoms. The molecule has 3 aromatic carbocycles. The Morgan fingerprint density at radius 3 is 2.40 bits per heavy atom. The molecule has 1 heterocycles. The van der Waals surface area contributed by atoms with E-state index in [-0.39, 0.29) is 11.6 Å². The van der Waals surface area contributed by atoms with Crippen molar-refractivity contribution in [2.75, 3.05) is 4.72 Å². The van der Waals surface area contributed by atoms with Crippen LogP contribution in [0.15, 0.2) is 78.2 Å². The summed E-state index contributed by atoms with van der Waals surface area (Å²) in [5.41, 5.74) is 2.18. The van der Waals surface area contributed by atoms with Gasteiger partial charge in [0.1, 0.15) is 16.6 Å². The molecule has 0 atom stereocenters. The highest BCUT2D eigenvalue weighted by atomic mass is 32.2. The molecule has 4 rings (SSSR count). The first-order valence-corrected chi connectivity index (χ1v) is 11.5. The van der Waals surface area contributed by atoms with Crippen LogP contribution in [0.4, 0.5) is 14.5 Å². The SMILES string of the molecule is O=S(=O)(Cc1cccc(F)c1)Nc1ccccc1-c1csc(-c2ccccc2F)n1. The molecule has 0 aliphatic rings. The molecule has 0 aliphatic carbocycles. The fraction of sp³-hybridized carbons (Fsp3) is 0.0455. The summed E-state index contributed by atoms with van der Waals surface area (Å²) in [4.78, 5) is 4.49. The van der Waals surface area contributed by atoms with Crippen molar-refractivity contribution in [2.24, 2.45) is 0 Å². The Bertz CT molecular complexity index is 1300. The molecule has 152 valence electrons. The number of para-hydroxylation sites is 1. The van der Waals surface area contributed by atoms with Crippen LogP contribution in [0.3, 0.4) is 0 Å². The summed E-state index contributed by atoms with van der Waals surface area (Å²) >= 11 is 1.27. The van der Waals surface area contributed by atoms with Crippen molar-refractivity contribution in [3.05, 3.63) is 95.4 Å². The molecule has 0 fully saturated rings. The number of anilines is 1. The van der Waals surface area contributed by atoms with E-state index >= 15 is 0 Å². The zero-order chi connectivity index (χ0) is 21.1. The van der Waals surface area contributed by atoms with Gasteiger partial charge in [-0.05, 0) is 35.9 Å². The van der Waals surface area contributed by atoms with Crippen LogP contribution in [-0.2, 0) is 15.8 Å². The highest BCUT2D eigenvalue weighted by Gasteiger charge is 2.17. The molecule has 4 nitrogen and oxygen atoms in total. The van der Waals surface area contributed by atoms with E-state index in [9.17, 15) is 17.2 Å². The van der Waals surface area contributed by atoms with E-state index in [1.165, 1.54) is 35.6 Å². The van der Waals surface area contributed by atoms with E-state index in [0.29, 0.717) is 33.1 Å². The van der Waals surface area contributed by atoms with Gasteiger partial charge in [0, 0.05) is 16.5 Å². The van der Waals surface area contributed by atoms with E-state index < -0.39 is 15.8 Å². The molecule has 8 heteroatoms. The maximum absolute atomic E-state index is 14.1. The van der Waals surface area contributed by atoms with Crippen molar-refractivity contribution in [2.45, 2.75) is 5.75 Å². The Balaban J connectivity index is 1.63. The smallest absolute Gasteiger partial charge is 0.236 e. The monoisotopic (exact) mass is 442 g/mol. The lowest BCUT2D eigenvalue weighted by Gasteiger charge is -2.11. The molecule has 0 saturated heterocycles. The normalized spacial score (nSPS) is 11.4. The minimum absolute atomic E-state index is 0.343. The van der Waals surface area contributed by atoms with Crippen LogP contribution in [0.25, 0.3) is 21.8 Å². The summed E-state index contributed by atoms with van der Waals surface area (Å²) in [6.45, 7) is 0. The molecule has 0 aliphatic heterocycles. The molecule has 0 unspecified atom stereocenters. The molecule has 1 N–H and O–H groups in total. The van der Waals surface area contributed by atoms with Gasteiger partial charge < -0.3 is 0 Å². The van der Waals surface area contributed by atoms with Crippen LogP contribution in [0.1, 0.15) is 5.56 Å². The molecular weight excluding hydrogens is 426 g/mol. The van der Waals surface area contributed by atoms with Gasteiger partial charge in [-0.15, -0.1) is 11.3 Å². The summed E-state index contributed by atoms with van der Waals surface area (Å²) < 4.78 is 55.3. The van der Waals surface area contributed by atoms with E-state index in [1.54, 1.807) is 53.9 Å². The number of aromatic nitrogens is 1. The number of hydrogen-bond donors (Lipinski definition) is 1. The molecule has 30 heavy (non-hydrogen) atoms. The summed E-state index contributed by atoms with van der Waals surface area (Å²) in [6, 6.07) is 18.6. The first kappa shape index (κ1) is 20.2. The van der Waals surface area contributed by atoms with Gasteiger partial charge in [0.25, 0.3) is 0 Å². The Morgan fingerprint density at radius 2 is 1.63 bits per heavy atom. The number of halogens is 2. The number of benzene rings is 3. The van der Waals surface area contributed by atoms with Gasteiger partial charge in [0.05, 0.1) is 17.1 Å². The third kappa shape index (κ3) is 4.55. The zero-order valence-corrected chi connectivity index (χ0v) is 17.2. The number of rotatable bonds is 6. The Hall–Kier alpha value is -3.10. The Kier molecular flexibility index (Phi) is 5.61. The summed E-state index contributed by atoms with van der Waals surface area (Å²) in [7, 11) is -3.79. The predicted molar refractivity (Wildman–Crippen MR) is 116 cm³/mol. The van der Waals surface area contributed by atoms with Crippen molar-refractivity contribution in [3.63, 3.8) is 0 Å². The molecule has 4 aromatic rings. The van der Waals surface area contributed by atoms with Crippen molar-refractivity contribution in [3.8, 4) is 21.8 Å². The van der Waals surface area contributed by atoms with Crippen LogP contribution in [0, 0.1) is 11.6 Å². The number of hydrogen-bond acceptors (Lipinski definition) is 4. The minimum Gasteiger partial charge on any atom is -0.283 e. The van der Waals surface area contributed by atoms with E-state index in [0.717, 1.165) is 0 Å². The van der Waals surface area contributed by atoms with Gasteiger partial charge >= 0.3 is 0 Å². The minimum atomic E-state index is -3.79. The molecule has 1 aromatic heterocycles. The lowest BCUT2D eigenvalue weighted by molar-refractivity contribution is 0.599. The average molecular weight is 443 g/mol. The van der Waals surface area contributed by atoms with E-state index in [4.69, 9.17) is 0 Å². The van der Waals surface area contributed by atoms with Crippen LogP contribution in [-0.4, -0.2) is 13.4 Å². The van der Waals surface area contributed by atoms with E-state index in [2.05, 4.69) is 9.71 Å². The van der Waals surface area contributed by atoms with Crippen LogP contribution in [0.2, 0.25) is 0 Å². The first-order chi connectivity index (χ1) is 14.4. The third-order valence-electron chi connectivity index (χ3n) is 4.32. The van der Waals surface area contributed by atoms with Crippen molar-refractivity contribution < 1.29 is 17.2 Å². The number of nitrogens with zero attached hydrogens (tertiary/aromatic N) is 1. The first-order valence-electron chi connectivity index (χ1n) is 8.96. The molecule has 0 radical (unpaired) electrons. The van der Waals surface area contributed by atoms with Gasteiger partial charge in [-0.2, -0.15) is 0 Å². The lowest BCUT2D eigenvalue weighted by Crippen LogP contribution is -2.15. The zero-order valence-electron chi connectivity index (χ0n) is 15.5. The van der Waals surface area contributed by atoms with Gasteiger partial charge in [0.15, 0.2) is 0 Å². The average Bonchev–Trinajstić information content (AvgIpc) is 3.18. The van der Waals surface area contributed by atoms with Gasteiger partial charge in [-0.1, -0.05) is 42.5 Å². The maximum atomic E-state index is 14.1.